The number of ether oxygens (including phenoxy) is 2. The molecule has 7 nitrogen and oxygen atoms in total. The van der Waals surface area contributed by atoms with Crippen LogP contribution in [0.15, 0.2) is 36.4 Å². The second-order valence-corrected chi connectivity index (χ2v) is 8.87. The number of anilines is 2. The summed E-state index contributed by atoms with van der Waals surface area (Å²) in [6.45, 7) is 6.31. The largest absolute Gasteiger partial charge is 0.486 e. The van der Waals surface area contributed by atoms with Gasteiger partial charge in [-0.25, -0.2) is 8.42 Å². The molecular formula is C21H26N2O5S. The number of hydrogen-bond acceptors (Lipinski definition) is 5. The predicted molar refractivity (Wildman–Crippen MR) is 113 cm³/mol. The normalized spacial score (nSPS) is 14.2. The van der Waals surface area contributed by atoms with Crippen LogP contribution in [0, 0.1) is 6.92 Å². The van der Waals surface area contributed by atoms with E-state index in [1.807, 2.05) is 32.0 Å². The van der Waals surface area contributed by atoms with Gasteiger partial charge in [0.15, 0.2) is 11.5 Å². The Hall–Kier alpha value is -2.74. The standard InChI is InChI=1S/C21H26N2O5S/c1-5-16-8-6-7-14(2)20(16)22-21(24)15(3)23(29(4,25)26)17-9-10-18-19(13-17)28-12-11-27-18/h6-10,13,15H,5,11-12H2,1-4H3,(H,22,24)/t15-/m1/s1. The highest BCUT2D eigenvalue weighted by atomic mass is 32.2. The van der Waals surface area contributed by atoms with Crippen molar-refractivity contribution in [1.29, 1.82) is 0 Å². The molecule has 0 fully saturated rings. The second-order valence-electron chi connectivity index (χ2n) is 7.01. The molecule has 1 N–H and O–H groups in total. The summed E-state index contributed by atoms with van der Waals surface area (Å²) >= 11 is 0. The third-order valence-electron chi connectivity index (χ3n) is 4.86. The molecule has 0 spiro atoms. The Labute approximate surface area is 171 Å². The van der Waals surface area contributed by atoms with E-state index in [4.69, 9.17) is 9.47 Å². The lowest BCUT2D eigenvalue weighted by Gasteiger charge is -2.29. The molecule has 0 radical (unpaired) electrons. The Balaban J connectivity index is 1.93. The number of para-hydroxylation sites is 1. The van der Waals surface area contributed by atoms with Gasteiger partial charge in [0.05, 0.1) is 11.9 Å². The van der Waals surface area contributed by atoms with Gasteiger partial charge in [0.1, 0.15) is 19.3 Å². The van der Waals surface area contributed by atoms with Crippen molar-refractivity contribution in [2.24, 2.45) is 0 Å². The van der Waals surface area contributed by atoms with Gasteiger partial charge in [-0.1, -0.05) is 25.1 Å². The first-order chi connectivity index (χ1) is 13.7. The van der Waals surface area contributed by atoms with Crippen molar-refractivity contribution >= 4 is 27.3 Å². The maximum absolute atomic E-state index is 13.0. The van der Waals surface area contributed by atoms with Crippen molar-refractivity contribution in [2.45, 2.75) is 33.2 Å². The summed E-state index contributed by atoms with van der Waals surface area (Å²) in [5.74, 6) is 0.606. The molecule has 2 aromatic rings. The van der Waals surface area contributed by atoms with E-state index in [0.717, 1.165) is 33.8 Å². The van der Waals surface area contributed by atoms with E-state index in [1.54, 1.807) is 25.1 Å². The fraction of sp³-hybridized carbons (Fsp3) is 0.381. The minimum Gasteiger partial charge on any atom is -0.486 e. The van der Waals surface area contributed by atoms with Crippen LogP contribution in [-0.4, -0.2) is 39.8 Å². The Morgan fingerprint density at radius 3 is 2.52 bits per heavy atom. The fourth-order valence-corrected chi connectivity index (χ4v) is 4.57. The molecule has 0 unspecified atom stereocenters. The Bertz CT molecular complexity index is 1020. The third-order valence-corrected chi connectivity index (χ3v) is 6.10. The van der Waals surface area contributed by atoms with E-state index < -0.39 is 22.0 Å². The zero-order valence-electron chi connectivity index (χ0n) is 17.1. The van der Waals surface area contributed by atoms with E-state index in [-0.39, 0.29) is 0 Å². The summed E-state index contributed by atoms with van der Waals surface area (Å²) in [6.07, 6.45) is 1.84. The highest BCUT2D eigenvalue weighted by molar-refractivity contribution is 7.92. The van der Waals surface area contributed by atoms with Crippen molar-refractivity contribution in [3.8, 4) is 11.5 Å². The van der Waals surface area contributed by atoms with Crippen LogP contribution in [0.25, 0.3) is 0 Å². The number of aryl methyl sites for hydroxylation is 2. The number of carbonyl (C=O) groups is 1. The van der Waals surface area contributed by atoms with Crippen molar-refractivity contribution in [3.63, 3.8) is 0 Å². The molecule has 29 heavy (non-hydrogen) atoms. The molecule has 1 heterocycles. The molecule has 0 saturated carbocycles. The summed E-state index contributed by atoms with van der Waals surface area (Å²) < 4.78 is 37.3. The van der Waals surface area contributed by atoms with Gasteiger partial charge in [-0.3, -0.25) is 9.10 Å². The first kappa shape index (κ1) is 21.0. The van der Waals surface area contributed by atoms with Crippen molar-refractivity contribution in [2.75, 3.05) is 29.1 Å². The van der Waals surface area contributed by atoms with E-state index in [2.05, 4.69) is 5.32 Å². The molecule has 3 rings (SSSR count). The van der Waals surface area contributed by atoms with Gasteiger partial charge in [-0.05, 0) is 43.5 Å². The zero-order valence-corrected chi connectivity index (χ0v) is 17.9. The molecule has 1 aliphatic heterocycles. The van der Waals surface area contributed by atoms with Crippen molar-refractivity contribution in [3.05, 3.63) is 47.5 Å². The van der Waals surface area contributed by atoms with Gasteiger partial charge >= 0.3 is 0 Å². The monoisotopic (exact) mass is 418 g/mol. The molecule has 0 aromatic heterocycles. The second kappa shape index (κ2) is 8.32. The summed E-state index contributed by atoms with van der Waals surface area (Å²) in [5, 5.41) is 2.91. The van der Waals surface area contributed by atoms with Gasteiger partial charge in [0.2, 0.25) is 15.9 Å². The molecule has 156 valence electrons. The van der Waals surface area contributed by atoms with E-state index in [0.29, 0.717) is 30.4 Å². The van der Waals surface area contributed by atoms with Gasteiger partial charge in [0, 0.05) is 11.8 Å². The molecule has 8 heteroatoms. The molecule has 2 aromatic carbocycles. The van der Waals surface area contributed by atoms with Crippen molar-refractivity contribution in [1.82, 2.24) is 0 Å². The maximum atomic E-state index is 13.0. The van der Waals surface area contributed by atoms with Crippen LogP contribution < -0.4 is 19.1 Å². The Morgan fingerprint density at radius 1 is 1.17 bits per heavy atom. The Morgan fingerprint density at radius 2 is 1.86 bits per heavy atom. The molecular weight excluding hydrogens is 392 g/mol. The number of benzene rings is 2. The minimum atomic E-state index is -3.73. The number of nitrogens with zero attached hydrogens (tertiary/aromatic N) is 1. The van der Waals surface area contributed by atoms with Crippen LogP contribution in [0.2, 0.25) is 0 Å². The Kier molecular flexibility index (Phi) is 6.02. The number of fused-ring (bicyclic) bond motifs is 1. The van der Waals surface area contributed by atoms with Gasteiger partial charge in [-0.2, -0.15) is 0 Å². The lowest BCUT2D eigenvalue weighted by molar-refractivity contribution is -0.116. The maximum Gasteiger partial charge on any atom is 0.248 e. The zero-order chi connectivity index (χ0) is 21.2. The first-order valence-corrected chi connectivity index (χ1v) is 11.4. The molecule has 1 atom stereocenters. The SMILES string of the molecule is CCc1cccc(C)c1NC(=O)[C@@H](C)N(c1ccc2c(c1)OCCO2)S(C)(=O)=O. The number of amides is 1. The predicted octanol–water partition coefficient (Wildman–Crippen LogP) is 3.12. The van der Waals surface area contributed by atoms with Crippen LogP contribution in [0.5, 0.6) is 11.5 Å². The average molecular weight is 419 g/mol. The van der Waals surface area contributed by atoms with Gasteiger partial charge in [-0.15, -0.1) is 0 Å². The van der Waals surface area contributed by atoms with Gasteiger partial charge < -0.3 is 14.8 Å². The lowest BCUT2D eigenvalue weighted by Crippen LogP contribution is -2.45. The van der Waals surface area contributed by atoms with Crippen molar-refractivity contribution < 1.29 is 22.7 Å². The number of sulfonamides is 1. The van der Waals surface area contributed by atoms with Gasteiger partial charge in [0.25, 0.3) is 0 Å². The van der Waals surface area contributed by atoms with Crippen LogP contribution in [-0.2, 0) is 21.2 Å². The number of rotatable bonds is 6. The molecule has 1 aliphatic rings. The molecule has 0 aliphatic carbocycles. The molecule has 1 amide bonds. The third kappa shape index (κ3) is 4.48. The molecule has 0 bridgehead atoms. The average Bonchev–Trinajstić information content (AvgIpc) is 2.68. The number of carbonyl (C=O) groups excluding carboxylic acids is 1. The summed E-state index contributed by atoms with van der Waals surface area (Å²) in [5.41, 5.74) is 2.99. The lowest BCUT2D eigenvalue weighted by atomic mass is 10.1. The van der Waals surface area contributed by atoms with E-state index >= 15 is 0 Å². The highest BCUT2D eigenvalue weighted by Gasteiger charge is 2.30. The summed E-state index contributed by atoms with van der Waals surface area (Å²) in [6, 6.07) is 9.69. The van der Waals surface area contributed by atoms with Crippen LogP contribution in [0.1, 0.15) is 25.0 Å². The number of hydrogen-bond donors (Lipinski definition) is 1. The van der Waals surface area contributed by atoms with Crippen LogP contribution >= 0.6 is 0 Å². The van der Waals surface area contributed by atoms with Crippen LogP contribution in [0.3, 0.4) is 0 Å². The minimum absolute atomic E-state index is 0.347. The summed E-state index contributed by atoms with van der Waals surface area (Å²) in [7, 11) is -3.73. The fourth-order valence-electron chi connectivity index (χ4n) is 3.41. The summed E-state index contributed by atoms with van der Waals surface area (Å²) in [4.78, 5) is 13.0. The molecule has 0 saturated heterocycles. The number of nitrogens with one attached hydrogen (secondary N) is 1. The van der Waals surface area contributed by atoms with E-state index in [9.17, 15) is 13.2 Å². The quantitative estimate of drug-likeness (QED) is 0.779. The van der Waals surface area contributed by atoms with Crippen LogP contribution in [0.4, 0.5) is 11.4 Å². The van der Waals surface area contributed by atoms with E-state index in [1.165, 1.54) is 0 Å². The highest BCUT2D eigenvalue weighted by Crippen LogP contribution is 2.35. The smallest absolute Gasteiger partial charge is 0.248 e. The topological polar surface area (TPSA) is 84.9 Å². The first-order valence-electron chi connectivity index (χ1n) is 9.50.